The Morgan fingerprint density at radius 1 is 1.45 bits per heavy atom. The smallest absolute Gasteiger partial charge is 0.274 e. The van der Waals surface area contributed by atoms with E-state index < -0.39 is 0 Å². The van der Waals surface area contributed by atoms with Gasteiger partial charge in [-0.3, -0.25) is 14.6 Å². The molecule has 3 rings (SSSR count). The molecular formula is C14H18N6O2. The van der Waals surface area contributed by atoms with Gasteiger partial charge in [-0.2, -0.15) is 4.98 Å². The summed E-state index contributed by atoms with van der Waals surface area (Å²) in [5, 5.41) is 10.3. The first kappa shape index (κ1) is 14.5. The van der Waals surface area contributed by atoms with Gasteiger partial charge in [0.1, 0.15) is 0 Å². The van der Waals surface area contributed by atoms with E-state index in [1.54, 1.807) is 17.8 Å². The molecule has 0 spiro atoms. The molecule has 3 heterocycles. The van der Waals surface area contributed by atoms with Crippen LogP contribution in [0.25, 0.3) is 22.5 Å². The van der Waals surface area contributed by atoms with Crippen molar-refractivity contribution in [2.45, 2.75) is 26.3 Å². The monoisotopic (exact) mass is 302 g/mol. The lowest BCUT2D eigenvalue weighted by Crippen LogP contribution is -2.24. The Labute approximate surface area is 126 Å². The van der Waals surface area contributed by atoms with Gasteiger partial charge in [0.25, 0.3) is 11.4 Å². The highest BCUT2D eigenvalue weighted by Crippen LogP contribution is 2.25. The maximum atomic E-state index is 12.1. The number of nitrogens with one attached hydrogen (secondary N) is 2. The average Bonchev–Trinajstić information content (AvgIpc) is 3.04. The molecule has 0 aliphatic heterocycles. The quantitative estimate of drug-likeness (QED) is 0.738. The number of rotatable bonds is 4. The Hall–Kier alpha value is -2.48. The first-order valence-electron chi connectivity index (χ1n) is 7.06. The third-order valence-corrected chi connectivity index (χ3v) is 3.62. The summed E-state index contributed by atoms with van der Waals surface area (Å²) in [4.78, 5) is 20.9. The van der Waals surface area contributed by atoms with E-state index in [1.807, 2.05) is 20.9 Å². The van der Waals surface area contributed by atoms with Crippen LogP contribution in [0.2, 0.25) is 0 Å². The third-order valence-electron chi connectivity index (χ3n) is 3.62. The molecule has 0 saturated carbocycles. The number of hydrogen-bond donors (Lipinski definition) is 2. The number of likely N-dealkylation sites (N-methyl/N-ethyl adjacent to an activating group) is 1. The van der Waals surface area contributed by atoms with E-state index in [9.17, 15) is 4.79 Å². The summed E-state index contributed by atoms with van der Waals surface area (Å²) >= 11 is 0. The lowest BCUT2D eigenvalue weighted by molar-refractivity contribution is 0.418. The summed E-state index contributed by atoms with van der Waals surface area (Å²) in [6.45, 7) is 3.90. The van der Waals surface area contributed by atoms with Crippen LogP contribution in [0.15, 0.2) is 15.4 Å². The fraction of sp³-hybridized carbons (Fsp3) is 0.429. The van der Waals surface area contributed by atoms with E-state index in [1.165, 1.54) is 0 Å². The minimum atomic E-state index is -0.219. The highest BCUT2D eigenvalue weighted by molar-refractivity contribution is 5.90. The summed E-state index contributed by atoms with van der Waals surface area (Å²) in [7, 11) is 3.62. The molecule has 116 valence electrons. The summed E-state index contributed by atoms with van der Waals surface area (Å²) in [5.41, 5.74) is 1.74. The molecule has 0 saturated heterocycles. The second-order valence-electron chi connectivity index (χ2n) is 5.42. The Balaban J connectivity index is 2.12. The van der Waals surface area contributed by atoms with Crippen molar-refractivity contribution >= 4 is 11.0 Å². The van der Waals surface area contributed by atoms with Crippen LogP contribution in [0, 0.1) is 6.92 Å². The van der Waals surface area contributed by atoms with Crippen molar-refractivity contribution in [3.63, 3.8) is 0 Å². The van der Waals surface area contributed by atoms with Gasteiger partial charge in [-0.15, -0.1) is 0 Å². The molecule has 2 N–H and O–H groups in total. The SMILES string of the molecule is CNC(C)Cc1noc(-c2cc(C)nc3c2c(=O)[nH]n3C)n1. The standard InChI is InChI=1S/C14H18N6O2/c1-7(15-3)6-10-17-14(22-19-10)9-5-8(2)16-12-11(9)13(21)18-20(12)4/h5,7,15H,6H2,1-4H3,(H,18,21). The zero-order valence-corrected chi connectivity index (χ0v) is 13.0. The van der Waals surface area contributed by atoms with Gasteiger partial charge in [0.2, 0.25) is 0 Å². The summed E-state index contributed by atoms with van der Waals surface area (Å²) in [6, 6.07) is 2.03. The van der Waals surface area contributed by atoms with E-state index in [0.717, 1.165) is 5.69 Å². The van der Waals surface area contributed by atoms with Crippen molar-refractivity contribution in [3.8, 4) is 11.5 Å². The van der Waals surface area contributed by atoms with Crippen molar-refractivity contribution in [3.05, 3.63) is 27.9 Å². The lowest BCUT2D eigenvalue weighted by atomic mass is 10.1. The van der Waals surface area contributed by atoms with Gasteiger partial charge >= 0.3 is 0 Å². The highest BCUT2D eigenvalue weighted by Gasteiger charge is 2.19. The molecule has 8 heteroatoms. The number of H-pyrrole nitrogens is 1. The van der Waals surface area contributed by atoms with Crippen LogP contribution in [0.4, 0.5) is 0 Å². The van der Waals surface area contributed by atoms with E-state index >= 15 is 0 Å². The Morgan fingerprint density at radius 2 is 2.23 bits per heavy atom. The van der Waals surface area contributed by atoms with Crippen LogP contribution >= 0.6 is 0 Å². The fourth-order valence-corrected chi connectivity index (χ4v) is 2.38. The molecule has 1 unspecified atom stereocenters. The Morgan fingerprint density at radius 3 is 2.95 bits per heavy atom. The molecule has 0 amide bonds. The first-order chi connectivity index (χ1) is 10.5. The number of nitrogens with zero attached hydrogens (tertiary/aromatic N) is 4. The zero-order chi connectivity index (χ0) is 15.9. The van der Waals surface area contributed by atoms with Gasteiger partial charge in [-0.25, -0.2) is 4.98 Å². The third kappa shape index (κ3) is 2.41. The molecule has 3 aromatic heterocycles. The molecule has 22 heavy (non-hydrogen) atoms. The van der Waals surface area contributed by atoms with Gasteiger partial charge in [0, 0.05) is 25.2 Å². The molecule has 0 bridgehead atoms. The number of hydrogen-bond acceptors (Lipinski definition) is 6. The number of aryl methyl sites for hydroxylation is 2. The largest absolute Gasteiger partial charge is 0.334 e. The number of pyridine rings is 1. The summed E-state index contributed by atoms with van der Waals surface area (Å²) in [5.74, 6) is 0.942. The second-order valence-corrected chi connectivity index (χ2v) is 5.42. The number of aromatic amines is 1. The molecule has 0 fully saturated rings. The fourth-order valence-electron chi connectivity index (χ4n) is 2.38. The van der Waals surface area contributed by atoms with E-state index in [0.29, 0.717) is 34.7 Å². The highest BCUT2D eigenvalue weighted by atomic mass is 16.5. The summed E-state index contributed by atoms with van der Waals surface area (Å²) < 4.78 is 6.94. The van der Waals surface area contributed by atoms with Crippen LogP contribution in [-0.2, 0) is 13.5 Å². The van der Waals surface area contributed by atoms with Crippen molar-refractivity contribution in [1.82, 2.24) is 30.2 Å². The lowest BCUT2D eigenvalue weighted by Gasteiger charge is -2.04. The van der Waals surface area contributed by atoms with Crippen LogP contribution in [0.3, 0.4) is 0 Å². The van der Waals surface area contributed by atoms with E-state index in [2.05, 4.69) is 25.5 Å². The zero-order valence-electron chi connectivity index (χ0n) is 13.0. The van der Waals surface area contributed by atoms with Gasteiger partial charge in [-0.05, 0) is 27.0 Å². The molecule has 0 aliphatic carbocycles. The van der Waals surface area contributed by atoms with Gasteiger partial charge in [-0.1, -0.05) is 5.16 Å². The Kier molecular flexibility index (Phi) is 3.53. The maximum absolute atomic E-state index is 12.1. The molecule has 0 aliphatic rings. The molecule has 0 radical (unpaired) electrons. The van der Waals surface area contributed by atoms with Crippen molar-refractivity contribution in [2.24, 2.45) is 7.05 Å². The summed E-state index contributed by atoms with van der Waals surface area (Å²) in [6.07, 6.45) is 0.651. The van der Waals surface area contributed by atoms with Crippen LogP contribution in [0.1, 0.15) is 18.4 Å². The molecule has 3 aromatic rings. The molecule has 8 nitrogen and oxygen atoms in total. The van der Waals surface area contributed by atoms with Crippen LogP contribution in [0.5, 0.6) is 0 Å². The van der Waals surface area contributed by atoms with Crippen molar-refractivity contribution in [1.29, 1.82) is 0 Å². The first-order valence-corrected chi connectivity index (χ1v) is 7.06. The number of fused-ring (bicyclic) bond motifs is 1. The maximum Gasteiger partial charge on any atom is 0.274 e. The predicted molar refractivity (Wildman–Crippen MR) is 81.6 cm³/mol. The van der Waals surface area contributed by atoms with E-state index in [4.69, 9.17) is 4.52 Å². The topological polar surface area (TPSA) is 102 Å². The van der Waals surface area contributed by atoms with Gasteiger partial charge < -0.3 is 9.84 Å². The van der Waals surface area contributed by atoms with Gasteiger partial charge in [0.05, 0.1) is 10.9 Å². The van der Waals surface area contributed by atoms with Crippen LogP contribution < -0.4 is 10.9 Å². The minimum absolute atomic E-state index is 0.219. The number of aromatic nitrogens is 5. The molecule has 1 atom stereocenters. The van der Waals surface area contributed by atoms with Gasteiger partial charge in [0.15, 0.2) is 11.5 Å². The average molecular weight is 302 g/mol. The van der Waals surface area contributed by atoms with Crippen molar-refractivity contribution < 1.29 is 4.52 Å². The van der Waals surface area contributed by atoms with Crippen LogP contribution in [-0.4, -0.2) is 38.0 Å². The predicted octanol–water partition coefficient (Wildman–Crippen LogP) is 0.770. The molecule has 0 aromatic carbocycles. The Bertz CT molecular complexity index is 875. The second kappa shape index (κ2) is 5.38. The van der Waals surface area contributed by atoms with Crippen molar-refractivity contribution in [2.75, 3.05) is 7.05 Å². The minimum Gasteiger partial charge on any atom is -0.334 e. The molecular weight excluding hydrogens is 284 g/mol. The normalized spacial score (nSPS) is 12.9. The van der Waals surface area contributed by atoms with E-state index in [-0.39, 0.29) is 11.6 Å².